The number of carbonyl (C=O) groups is 2. The van der Waals surface area contributed by atoms with Crippen molar-refractivity contribution in [2.45, 2.75) is 26.2 Å². The lowest BCUT2D eigenvalue weighted by molar-refractivity contribution is -0.384. The molecule has 2 aromatic rings. The van der Waals surface area contributed by atoms with Crippen molar-refractivity contribution < 1.29 is 19.2 Å². The summed E-state index contributed by atoms with van der Waals surface area (Å²) in [6.07, 6.45) is 1.99. The van der Waals surface area contributed by atoms with Gasteiger partial charge in [-0.25, -0.2) is 0 Å². The number of nitro benzene ring substituents is 1. The highest BCUT2D eigenvalue weighted by Gasteiger charge is 2.39. The lowest BCUT2D eigenvalue weighted by Gasteiger charge is -2.29. The Morgan fingerprint density at radius 2 is 1.79 bits per heavy atom. The molecule has 0 N–H and O–H groups in total. The molecule has 3 rings (SSSR count). The summed E-state index contributed by atoms with van der Waals surface area (Å²) in [5.41, 5.74) is 3.55. The number of nitrogens with zero attached hydrogens (tertiary/aromatic N) is 1. The summed E-state index contributed by atoms with van der Waals surface area (Å²) in [5.74, 6) is -2.25. The van der Waals surface area contributed by atoms with Crippen molar-refractivity contribution in [1.29, 1.82) is 0 Å². The van der Waals surface area contributed by atoms with E-state index in [0.29, 0.717) is 12.0 Å². The SMILES string of the molecule is CCOC(=O)[C@@H]1C(=O)C=C(c2ccc(C)cc2)C[C@@H]1c1ccc([N+](=O)[O-])cc1. The first-order valence-electron chi connectivity index (χ1n) is 9.13. The maximum absolute atomic E-state index is 12.8. The van der Waals surface area contributed by atoms with Crippen molar-refractivity contribution in [3.8, 4) is 0 Å². The van der Waals surface area contributed by atoms with Gasteiger partial charge in [0.05, 0.1) is 11.5 Å². The van der Waals surface area contributed by atoms with Gasteiger partial charge in [0.1, 0.15) is 5.92 Å². The van der Waals surface area contributed by atoms with Crippen molar-refractivity contribution in [3.63, 3.8) is 0 Å². The number of esters is 1. The maximum atomic E-state index is 12.8. The second-order valence-corrected chi connectivity index (χ2v) is 6.83. The number of benzene rings is 2. The molecule has 0 saturated carbocycles. The van der Waals surface area contributed by atoms with Crippen LogP contribution in [0.2, 0.25) is 0 Å². The van der Waals surface area contributed by atoms with Gasteiger partial charge < -0.3 is 4.74 Å². The summed E-state index contributed by atoms with van der Waals surface area (Å²) in [7, 11) is 0. The Morgan fingerprint density at radius 1 is 1.14 bits per heavy atom. The fraction of sp³-hybridized carbons (Fsp3) is 0.273. The van der Waals surface area contributed by atoms with Crippen molar-refractivity contribution in [2.75, 3.05) is 6.61 Å². The predicted molar refractivity (Wildman–Crippen MR) is 105 cm³/mol. The molecule has 6 heteroatoms. The van der Waals surface area contributed by atoms with Crippen LogP contribution in [0, 0.1) is 23.0 Å². The molecule has 6 nitrogen and oxygen atoms in total. The van der Waals surface area contributed by atoms with Gasteiger partial charge in [-0.3, -0.25) is 19.7 Å². The number of allylic oxidation sites excluding steroid dienone is 2. The van der Waals surface area contributed by atoms with Crippen molar-refractivity contribution in [3.05, 3.63) is 81.4 Å². The fourth-order valence-electron chi connectivity index (χ4n) is 3.51. The molecule has 0 radical (unpaired) electrons. The third-order valence-electron chi connectivity index (χ3n) is 4.96. The van der Waals surface area contributed by atoms with E-state index in [0.717, 1.165) is 16.7 Å². The van der Waals surface area contributed by atoms with Crippen LogP contribution >= 0.6 is 0 Å². The summed E-state index contributed by atoms with van der Waals surface area (Å²) in [5, 5.41) is 10.9. The number of carbonyl (C=O) groups excluding carboxylic acids is 2. The average Bonchev–Trinajstić information content (AvgIpc) is 2.68. The number of non-ortho nitro benzene ring substituents is 1. The fourth-order valence-corrected chi connectivity index (χ4v) is 3.51. The minimum Gasteiger partial charge on any atom is -0.465 e. The summed E-state index contributed by atoms with van der Waals surface area (Å²) < 4.78 is 5.12. The van der Waals surface area contributed by atoms with E-state index in [1.807, 2.05) is 31.2 Å². The van der Waals surface area contributed by atoms with Crippen molar-refractivity contribution in [1.82, 2.24) is 0 Å². The molecule has 2 atom stereocenters. The molecule has 28 heavy (non-hydrogen) atoms. The quantitative estimate of drug-likeness (QED) is 0.336. The molecule has 0 aliphatic heterocycles. The first kappa shape index (κ1) is 19.5. The van der Waals surface area contributed by atoms with Gasteiger partial charge in [0, 0.05) is 18.1 Å². The van der Waals surface area contributed by atoms with Crippen molar-refractivity contribution in [2.24, 2.45) is 5.92 Å². The summed E-state index contributed by atoms with van der Waals surface area (Å²) in [4.78, 5) is 35.8. The first-order chi connectivity index (χ1) is 13.4. The molecule has 0 amide bonds. The number of hydrogen-bond donors (Lipinski definition) is 0. The van der Waals surface area contributed by atoms with Crippen LogP contribution in [0.4, 0.5) is 5.69 Å². The van der Waals surface area contributed by atoms with Crippen LogP contribution in [-0.2, 0) is 14.3 Å². The Hall–Kier alpha value is -3.28. The molecular weight excluding hydrogens is 358 g/mol. The number of aryl methyl sites for hydroxylation is 1. The highest BCUT2D eigenvalue weighted by atomic mass is 16.6. The van der Waals surface area contributed by atoms with Crippen LogP contribution < -0.4 is 0 Å². The lowest BCUT2D eigenvalue weighted by Crippen LogP contribution is -2.34. The van der Waals surface area contributed by atoms with Gasteiger partial charge in [-0.1, -0.05) is 42.0 Å². The summed E-state index contributed by atoms with van der Waals surface area (Å²) >= 11 is 0. The molecule has 0 unspecified atom stereocenters. The predicted octanol–water partition coefficient (Wildman–Crippen LogP) is 4.22. The minimum atomic E-state index is -0.949. The second kappa shape index (κ2) is 8.17. The normalized spacial score (nSPS) is 19.1. The zero-order chi connectivity index (χ0) is 20.3. The molecule has 0 spiro atoms. The Kier molecular flexibility index (Phi) is 5.68. The van der Waals surface area contributed by atoms with E-state index < -0.39 is 22.7 Å². The topological polar surface area (TPSA) is 86.5 Å². The zero-order valence-electron chi connectivity index (χ0n) is 15.8. The number of ketones is 1. The van der Waals surface area contributed by atoms with E-state index in [9.17, 15) is 19.7 Å². The van der Waals surface area contributed by atoms with Crippen molar-refractivity contribution >= 4 is 23.0 Å². The molecule has 0 fully saturated rings. The first-order valence-corrected chi connectivity index (χ1v) is 9.13. The molecule has 0 aromatic heterocycles. The average molecular weight is 379 g/mol. The van der Waals surface area contributed by atoms with Crippen LogP contribution in [-0.4, -0.2) is 23.3 Å². The van der Waals surface area contributed by atoms with Crippen LogP contribution in [0.15, 0.2) is 54.6 Å². The largest absolute Gasteiger partial charge is 0.465 e. The smallest absolute Gasteiger partial charge is 0.317 e. The van der Waals surface area contributed by atoms with Crippen LogP contribution in [0.25, 0.3) is 5.57 Å². The maximum Gasteiger partial charge on any atom is 0.317 e. The summed E-state index contributed by atoms with van der Waals surface area (Å²) in [6.45, 7) is 3.87. The van der Waals surface area contributed by atoms with Gasteiger partial charge in [0.2, 0.25) is 0 Å². The molecule has 1 aliphatic rings. The zero-order valence-corrected chi connectivity index (χ0v) is 15.8. The Balaban J connectivity index is 2.00. The highest BCUT2D eigenvalue weighted by Crippen LogP contribution is 2.40. The highest BCUT2D eigenvalue weighted by molar-refractivity contribution is 6.10. The van der Waals surface area contributed by atoms with Gasteiger partial charge in [-0.2, -0.15) is 0 Å². The van der Waals surface area contributed by atoms with Gasteiger partial charge in [-0.05, 0) is 43.0 Å². The van der Waals surface area contributed by atoms with E-state index in [1.54, 1.807) is 19.1 Å². The monoisotopic (exact) mass is 379 g/mol. The molecular formula is C22H21NO5. The number of ether oxygens (including phenoxy) is 1. The number of nitro groups is 1. The Morgan fingerprint density at radius 3 is 2.36 bits per heavy atom. The number of rotatable bonds is 5. The lowest BCUT2D eigenvalue weighted by atomic mass is 9.73. The molecule has 1 aliphatic carbocycles. The molecule has 2 aromatic carbocycles. The Labute approximate surface area is 163 Å². The Bertz CT molecular complexity index is 928. The van der Waals surface area contributed by atoms with Gasteiger partial charge in [0.25, 0.3) is 5.69 Å². The second-order valence-electron chi connectivity index (χ2n) is 6.83. The van der Waals surface area contributed by atoms with E-state index in [4.69, 9.17) is 4.74 Å². The minimum absolute atomic E-state index is 0.0344. The van der Waals surface area contributed by atoms with Gasteiger partial charge in [0.15, 0.2) is 5.78 Å². The molecule has 0 heterocycles. The van der Waals surface area contributed by atoms with Gasteiger partial charge >= 0.3 is 5.97 Å². The van der Waals surface area contributed by atoms with E-state index in [-0.39, 0.29) is 18.1 Å². The third kappa shape index (κ3) is 4.01. The van der Waals surface area contributed by atoms with Crippen LogP contribution in [0.5, 0.6) is 0 Å². The molecule has 144 valence electrons. The van der Waals surface area contributed by atoms with Gasteiger partial charge in [-0.15, -0.1) is 0 Å². The van der Waals surface area contributed by atoms with Crippen LogP contribution in [0.1, 0.15) is 36.0 Å². The number of hydrogen-bond acceptors (Lipinski definition) is 5. The van der Waals surface area contributed by atoms with E-state index >= 15 is 0 Å². The third-order valence-corrected chi connectivity index (χ3v) is 4.96. The van der Waals surface area contributed by atoms with Crippen LogP contribution in [0.3, 0.4) is 0 Å². The standard InChI is InChI=1S/C22H21NO5/c1-3-28-22(25)21-19(16-8-10-18(11-9-16)23(26)27)12-17(13-20(21)24)15-6-4-14(2)5-7-15/h4-11,13,19,21H,3,12H2,1-2H3/t19-,21+/m1/s1. The summed E-state index contributed by atoms with van der Waals surface area (Å²) in [6, 6.07) is 13.9. The van der Waals surface area contributed by atoms with E-state index in [1.165, 1.54) is 18.2 Å². The molecule has 0 saturated heterocycles. The molecule has 0 bridgehead atoms. The van der Waals surface area contributed by atoms with E-state index in [2.05, 4.69) is 0 Å².